The van der Waals surface area contributed by atoms with Gasteiger partial charge in [-0.15, -0.1) is 0 Å². The minimum atomic E-state index is 0.182. The van der Waals surface area contributed by atoms with E-state index in [0.29, 0.717) is 22.6 Å². The minimum Gasteiger partial charge on any atom is -0.329 e. The van der Waals surface area contributed by atoms with E-state index in [-0.39, 0.29) is 6.04 Å². The van der Waals surface area contributed by atoms with Gasteiger partial charge in [0, 0.05) is 25.2 Å². The highest BCUT2D eigenvalue weighted by Gasteiger charge is 2.26. The molecule has 1 aliphatic rings. The van der Waals surface area contributed by atoms with E-state index in [9.17, 15) is 0 Å². The van der Waals surface area contributed by atoms with Crippen LogP contribution in [-0.2, 0) is 0 Å². The van der Waals surface area contributed by atoms with Crippen molar-refractivity contribution in [1.82, 2.24) is 9.80 Å². The minimum absolute atomic E-state index is 0.182. The lowest BCUT2D eigenvalue weighted by Crippen LogP contribution is -2.47. The molecule has 2 atom stereocenters. The van der Waals surface area contributed by atoms with Gasteiger partial charge in [-0.25, -0.2) is 0 Å². The smallest absolute Gasteiger partial charge is 0.0595 e. The Morgan fingerprint density at radius 1 is 1.40 bits per heavy atom. The normalized spacial score (nSPS) is 22.2. The number of nitrogens with zero attached hydrogens (tertiary/aromatic N) is 2. The fourth-order valence-corrected chi connectivity index (χ4v) is 3.29. The van der Waals surface area contributed by atoms with Crippen LogP contribution < -0.4 is 5.73 Å². The SMILES string of the molecule is CN1CCCC(N(C)C(CN)c2ccc(Cl)c(Cl)c2)C1. The summed E-state index contributed by atoms with van der Waals surface area (Å²) in [6.45, 7) is 2.85. The van der Waals surface area contributed by atoms with Crippen molar-refractivity contribution < 1.29 is 0 Å². The maximum Gasteiger partial charge on any atom is 0.0595 e. The summed E-state index contributed by atoms with van der Waals surface area (Å²) in [7, 11) is 4.33. The Bertz CT molecular complexity index is 453. The van der Waals surface area contributed by atoms with E-state index in [0.717, 1.165) is 12.1 Å². The third-order valence-electron chi connectivity index (χ3n) is 4.22. The summed E-state index contributed by atoms with van der Waals surface area (Å²) < 4.78 is 0. The molecule has 0 saturated carbocycles. The largest absolute Gasteiger partial charge is 0.329 e. The summed E-state index contributed by atoms with van der Waals surface area (Å²) in [4.78, 5) is 4.77. The maximum absolute atomic E-state index is 6.13. The molecule has 0 bridgehead atoms. The second-order valence-corrected chi connectivity index (χ2v) is 6.46. The van der Waals surface area contributed by atoms with Gasteiger partial charge in [0.05, 0.1) is 10.0 Å². The van der Waals surface area contributed by atoms with Gasteiger partial charge in [-0.3, -0.25) is 4.90 Å². The zero-order valence-corrected chi connectivity index (χ0v) is 13.7. The van der Waals surface area contributed by atoms with E-state index >= 15 is 0 Å². The fraction of sp³-hybridized carbons (Fsp3) is 0.600. The first-order valence-electron chi connectivity index (χ1n) is 7.08. The van der Waals surface area contributed by atoms with Crippen molar-refractivity contribution in [3.05, 3.63) is 33.8 Å². The lowest BCUT2D eigenvalue weighted by molar-refractivity contribution is 0.101. The monoisotopic (exact) mass is 315 g/mol. The molecule has 5 heteroatoms. The van der Waals surface area contributed by atoms with Gasteiger partial charge in [-0.1, -0.05) is 29.3 Å². The van der Waals surface area contributed by atoms with Gasteiger partial charge >= 0.3 is 0 Å². The number of halogens is 2. The van der Waals surface area contributed by atoms with Crippen LogP contribution in [0.4, 0.5) is 0 Å². The van der Waals surface area contributed by atoms with Crippen LogP contribution in [-0.4, -0.2) is 49.6 Å². The molecule has 0 spiro atoms. The highest BCUT2D eigenvalue weighted by Crippen LogP contribution is 2.29. The van der Waals surface area contributed by atoms with Gasteiger partial charge in [0.1, 0.15) is 0 Å². The second kappa shape index (κ2) is 7.10. The molecule has 3 nitrogen and oxygen atoms in total. The maximum atomic E-state index is 6.13. The molecule has 1 aromatic rings. The Balaban J connectivity index is 2.15. The molecule has 2 N–H and O–H groups in total. The highest BCUT2D eigenvalue weighted by molar-refractivity contribution is 6.42. The van der Waals surface area contributed by atoms with E-state index in [2.05, 4.69) is 23.9 Å². The molecule has 1 aliphatic heterocycles. The van der Waals surface area contributed by atoms with Crippen molar-refractivity contribution in [2.75, 3.05) is 33.7 Å². The van der Waals surface area contributed by atoms with Crippen LogP contribution in [0.2, 0.25) is 10.0 Å². The van der Waals surface area contributed by atoms with Gasteiger partial charge < -0.3 is 10.6 Å². The number of hydrogen-bond acceptors (Lipinski definition) is 3. The summed E-state index contributed by atoms with van der Waals surface area (Å²) >= 11 is 12.1. The summed E-state index contributed by atoms with van der Waals surface area (Å²) in [5, 5.41) is 1.18. The molecular weight excluding hydrogens is 293 g/mol. The molecule has 0 aromatic heterocycles. The van der Waals surface area contributed by atoms with Crippen LogP contribution in [0.5, 0.6) is 0 Å². The van der Waals surface area contributed by atoms with Crippen molar-refractivity contribution in [3.63, 3.8) is 0 Å². The molecule has 1 aromatic carbocycles. The van der Waals surface area contributed by atoms with Crippen LogP contribution in [0.25, 0.3) is 0 Å². The van der Waals surface area contributed by atoms with Crippen LogP contribution in [0.15, 0.2) is 18.2 Å². The Kier molecular flexibility index (Phi) is 5.70. The molecule has 0 aliphatic carbocycles. The predicted molar refractivity (Wildman–Crippen MR) is 86.5 cm³/mol. The number of hydrogen-bond donors (Lipinski definition) is 1. The van der Waals surface area contributed by atoms with Crippen molar-refractivity contribution in [1.29, 1.82) is 0 Å². The van der Waals surface area contributed by atoms with Crippen LogP contribution in [0.1, 0.15) is 24.4 Å². The first kappa shape index (κ1) is 16.1. The molecular formula is C15H23Cl2N3. The zero-order chi connectivity index (χ0) is 14.7. The Morgan fingerprint density at radius 2 is 2.15 bits per heavy atom. The van der Waals surface area contributed by atoms with Gasteiger partial charge in [-0.05, 0) is 51.2 Å². The lowest BCUT2D eigenvalue weighted by Gasteiger charge is -2.40. The molecule has 112 valence electrons. The zero-order valence-electron chi connectivity index (χ0n) is 12.1. The van der Waals surface area contributed by atoms with E-state index in [1.165, 1.54) is 19.4 Å². The first-order chi connectivity index (χ1) is 9.52. The highest BCUT2D eigenvalue weighted by atomic mass is 35.5. The number of piperidine rings is 1. The Morgan fingerprint density at radius 3 is 2.75 bits per heavy atom. The van der Waals surface area contributed by atoms with Crippen molar-refractivity contribution >= 4 is 23.2 Å². The van der Waals surface area contributed by atoms with Crippen molar-refractivity contribution in [3.8, 4) is 0 Å². The number of nitrogens with two attached hydrogens (primary N) is 1. The predicted octanol–water partition coefficient (Wildman–Crippen LogP) is 3.02. The summed E-state index contributed by atoms with van der Waals surface area (Å²) in [5.41, 5.74) is 7.14. The van der Waals surface area contributed by atoms with E-state index in [1.807, 2.05) is 18.2 Å². The molecule has 2 unspecified atom stereocenters. The Hall–Kier alpha value is -0.320. The quantitative estimate of drug-likeness (QED) is 0.927. The van der Waals surface area contributed by atoms with E-state index in [1.54, 1.807) is 0 Å². The first-order valence-corrected chi connectivity index (χ1v) is 7.84. The van der Waals surface area contributed by atoms with Gasteiger partial charge in [0.25, 0.3) is 0 Å². The average Bonchev–Trinajstić information content (AvgIpc) is 2.43. The number of likely N-dealkylation sites (tertiary alicyclic amines) is 1. The summed E-state index contributed by atoms with van der Waals surface area (Å²) in [5.74, 6) is 0. The third kappa shape index (κ3) is 3.66. The number of benzene rings is 1. The fourth-order valence-electron chi connectivity index (χ4n) is 2.98. The third-order valence-corrected chi connectivity index (χ3v) is 4.96. The second-order valence-electron chi connectivity index (χ2n) is 5.65. The lowest BCUT2D eigenvalue weighted by atomic mass is 9.99. The molecule has 1 saturated heterocycles. The van der Waals surface area contributed by atoms with Gasteiger partial charge in [0.2, 0.25) is 0 Å². The van der Waals surface area contributed by atoms with Crippen molar-refractivity contribution in [2.45, 2.75) is 24.9 Å². The number of rotatable bonds is 4. The average molecular weight is 316 g/mol. The van der Waals surface area contributed by atoms with Crippen LogP contribution >= 0.6 is 23.2 Å². The molecule has 0 amide bonds. The van der Waals surface area contributed by atoms with Gasteiger partial charge in [-0.2, -0.15) is 0 Å². The topological polar surface area (TPSA) is 32.5 Å². The molecule has 1 heterocycles. The molecule has 20 heavy (non-hydrogen) atoms. The van der Waals surface area contributed by atoms with Crippen molar-refractivity contribution in [2.24, 2.45) is 5.73 Å². The molecule has 1 fully saturated rings. The van der Waals surface area contributed by atoms with E-state index in [4.69, 9.17) is 28.9 Å². The standard InChI is InChI=1S/C15H23Cl2N3/c1-19-7-3-4-12(10-19)20(2)15(9-18)11-5-6-13(16)14(17)8-11/h5-6,8,12,15H,3-4,7,9-10,18H2,1-2H3. The summed E-state index contributed by atoms with van der Waals surface area (Å²) in [6, 6.07) is 6.53. The molecule has 2 rings (SSSR count). The summed E-state index contributed by atoms with van der Waals surface area (Å²) in [6.07, 6.45) is 2.46. The number of likely N-dealkylation sites (N-methyl/N-ethyl adjacent to an activating group) is 2. The molecule has 0 radical (unpaired) electrons. The van der Waals surface area contributed by atoms with Crippen LogP contribution in [0.3, 0.4) is 0 Å². The van der Waals surface area contributed by atoms with Crippen LogP contribution in [0, 0.1) is 0 Å². The van der Waals surface area contributed by atoms with Gasteiger partial charge in [0.15, 0.2) is 0 Å². The Labute approximate surface area is 131 Å². The van der Waals surface area contributed by atoms with E-state index < -0.39 is 0 Å².